The number of nitrogens with one attached hydrogen (secondary N) is 1. The molecule has 1 aliphatic heterocycles. The van der Waals surface area contributed by atoms with E-state index in [1.807, 2.05) is 84.9 Å². The Bertz CT molecular complexity index is 2030. The van der Waals surface area contributed by atoms with Gasteiger partial charge in [-0.25, -0.2) is 13.2 Å². The molecule has 1 fully saturated rings. The van der Waals surface area contributed by atoms with Crippen LogP contribution in [0.5, 0.6) is 5.75 Å². The highest BCUT2D eigenvalue weighted by Gasteiger charge is 2.46. The molecular formula is C34H39N3O10S2. The first kappa shape index (κ1) is 36.2. The summed E-state index contributed by atoms with van der Waals surface area (Å²) in [6, 6.07) is 25.6. The number of rotatable bonds is 14. The van der Waals surface area contributed by atoms with Crippen molar-refractivity contribution in [1.29, 1.82) is 0 Å². The molecule has 15 heteroatoms. The summed E-state index contributed by atoms with van der Waals surface area (Å²) in [6.07, 6.45) is 1.26. The molecule has 0 saturated carbocycles. The summed E-state index contributed by atoms with van der Waals surface area (Å²) in [5, 5.41) is 0. The minimum atomic E-state index is -3.98. The molecular weight excluding hydrogens is 675 g/mol. The van der Waals surface area contributed by atoms with Crippen molar-refractivity contribution in [2.45, 2.75) is 37.3 Å². The van der Waals surface area contributed by atoms with E-state index in [4.69, 9.17) is 18.4 Å². The summed E-state index contributed by atoms with van der Waals surface area (Å²) >= 11 is 0. The smallest absolute Gasteiger partial charge is 0.330 e. The maximum Gasteiger partial charge on any atom is 0.330 e. The van der Waals surface area contributed by atoms with Gasteiger partial charge in [0.25, 0.3) is 15.7 Å². The number of H-pyrrole nitrogens is 1. The Kier molecular flexibility index (Phi) is 10.9. The van der Waals surface area contributed by atoms with Gasteiger partial charge in [0.1, 0.15) is 23.7 Å². The van der Waals surface area contributed by atoms with Crippen LogP contribution in [0.4, 0.5) is 0 Å². The van der Waals surface area contributed by atoms with Gasteiger partial charge in [-0.05, 0) is 35.7 Å². The average Bonchev–Trinajstić information content (AvgIpc) is 3.48. The molecule has 0 amide bonds. The monoisotopic (exact) mass is 713 g/mol. The number of methoxy groups -OCH3 is 1. The molecule has 0 aliphatic carbocycles. The van der Waals surface area contributed by atoms with Crippen LogP contribution in [0.2, 0.25) is 0 Å². The molecule has 1 aromatic heterocycles. The van der Waals surface area contributed by atoms with Gasteiger partial charge in [0.15, 0.2) is 0 Å². The summed E-state index contributed by atoms with van der Waals surface area (Å²) in [5.74, 6) is 0.641. The average molecular weight is 714 g/mol. The molecule has 0 radical (unpaired) electrons. The second-order valence-electron chi connectivity index (χ2n) is 11.8. The summed E-state index contributed by atoms with van der Waals surface area (Å²) in [5.41, 5.74) is 0.0766. The van der Waals surface area contributed by atoms with Gasteiger partial charge in [0.2, 0.25) is 10.0 Å². The molecule has 262 valence electrons. The number of benzene rings is 3. The van der Waals surface area contributed by atoms with Crippen molar-refractivity contribution >= 4 is 20.1 Å². The number of sulfonamides is 1. The van der Waals surface area contributed by atoms with Crippen LogP contribution in [-0.2, 0) is 39.4 Å². The molecule has 1 aliphatic rings. The molecule has 13 nitrogen and oxygen atoms in total. The normalized spacial score (nSPS) is 18.5. The van der Waals surface area contributed by atoms with E-state index in [-0.39, 0.29) is 25.1 Å². The van der Waals surface area contributed by atoms with E-state index >= 15 is 0 Å². The highest BCUT2D eigenvalue weighted by atomic mass is 32.2. The fourth-order valence-corrected chi connectivity index (χ4v) is 7.62. The number of aryl methyl sites for hydroxylation is 1. The molecule has 0 spiro atoms. The van der Waals surface area contributed by atoms with E-state index in [1.165, 1.54) is 17.7 Å². The lowest BCUT2D eigenvalue weighted by atomic mass is 9.80. The Morgan fingerprint density at radius 1 is 0.898 bits per heavy atom. The lowest BCUT2D eigenvalue weighted by Gasteiger charge is -2.38. The third-order valence-corrected chi connectivity index (χ3v) is 10.3. The standard InChI is InChI=1S/C34H39N3O10S2/c1-24-22-36(33(39)35-32(24)38)31-21-29(37(48(3,40)41)19-20-46-49(4,42)43)30(47-31)23-45-34(25-11-7-5-8-12-25,26-13-9-6-10-14-26)27-15-17-28(44-2)18-16-27/h5-18,22,29-31H,19-21,23H2,1-4H3,(H,35,38,39)/t29-,30+,31+/m0/s1. The van der Waals surface area contributed by atoms with Crippen LogP contribution in [0.15, 0.2) is 101 Å². The van der Waals surface area contributed by atoms with Gasteiger partial charge in [-0.1, -0.05) is 72.8 Å². The van der Waals surface area contributed by atoms with Crippen LogP contribution in [0.1, 0.15) is 34.9 Å². The first-order chi connectivity index (χ1) is 23.2. The van der Waals surface area contributed by atoms with Gasteiger partial charge in [-0.15, -0.1) is 0 Å². The largest absolute Gasteiger partial charge is 0.497 e. The summed E-state index contributed by atoms with van der Waals surface area (Å²) in [6.45, 7) is 0.606. The van der Waals surface area contributed by atoms with E-state index in [0.29, 0.717) is 5.75 Å². The van der Waals surface area contributed by atoms with Gasteiger partial charge in [-0.3, -0.25) is 18.5 Å². The van der Waals surface area contributed by atoms with Crippen molar-refractivity contribution in [1.82, 2.24) is 13.9 Å². The second-order valence-corrected chi connectivity index (χ2v) is 15.3. The maximum atomic E-state index is 13.3. The number of hydrogen-bond donors (Lipinski definition) is 1. The number of aromatic amines is 1. The fraction of sp³-hybridized carbons (Fsp3) is 0.353. The second kappa shape index (κ2) is 14.8. The summed E-state index contributed by atoms with van der Waals surface area (Å²) in [7, 11) is -6.27. The van der Waals surface area contributed by atoms with E-state index in [0.717, 1.165) is 33.5 Å². The number of aromatic nitrogens is 2. The third kappa shape index (κ3) is 8.20. The van der Waals surface area contributed by atoms with Crippen LogP contribution in [0.25, 0.3) is 0 Å². The van der Waals surface area contributed by atoms with Crippen molar-refractivity contribution in [2.24, 2.45) is 0 Å². The van der Waals surface area contributed by atoms with Crippen molar-refractivity contribution in [3.05, 3.63) is 134 Å². The molecule has 4 aromatic rings. The topological polar surface area (TPSA) is 163 Å². The molecule has 5 rings (SSSR count). The van der Waals surface area contributed by atoms with E-state index < -0.39 is 62.0 Å². The summed E-state index contributed by atoms with van der Waals surface area (Å²) in [4.78, 5) is 27.3. The molecule has 0 unspecified atom stereocenters. The zero-order valence-electron chi connectivity index (χ0n) is 27.5. The SMILES string of the molecule is COc1ccc(C(OC[C@H]2O[C@@H](n3cc(C)c(=O)[nH]c3=O)C[C@@H]2N(CCOS(C)(=O)=O)S(C)(=O)=O)(c2ccccc2)c2ccccc2)cc1. The van der Waals surface area contributed by atoms with Crippen LogP contribution in [0.3, 0.4) is 0 Å². The first-order valence-corrected chi connectivity index (χ1v) is 19.1. The molecule has 1 saturated heterocycles. The molecule has 3 atom stereocenters. The maximum absolute atomic E-state index is 13.3. The first-order valence-electron chi connectivity index (χ1n) is 15.4. The van der Waals surface area contributed by atoms with Crippen molar-refractivity contribution < 1.29 is 35.2 Å². The van der Waals surface area contributed by atoms with Crippen molar-refractivity contribution in [3.8, 4) is 5.75 Å². The highest BCUT2D eigenvalue weighted by molar-refractivity contribution is 7.88. The molecule has 2 heterocycles. The van der Waals surface area contributed by atoms with Gasteiger partial charge >= 0.3 is 5.69 Å². The van der Waals surface area contributed by atoms with Crippen LogP contribution >= 0.6 is 0 Å². The summed E-state index contributed by atoms with van der Waals surface area (Å²) < 4.78 is 76.0. The Morgan fingerprint density at radius 3 is 2.00 bits per heavy atom. The molecule has 3 aromatic carbocycles. The van der Waals surface area contributed by atoms with Crippen LogP contribution in [-0.4, -0.2) is 82.2 Å². The van der Waals surface area contributed by atoms with Crippen LogP contribution in [0, 0.1) is 6.92 Å². The minimum absolute atomic E-state index is 0.0163. The van der Waals surface area contributed by atoms with E-state index in [1.54, 1.807) is 7.11 Å². The van der Waals surface area contributed by atoms with Gasteiger partial charge < -0.3 is 14.2 Å². The molecule has 0 bridgehead atoms. The molecule has 1 N–H and O–H groups in total. The van der Waals surface area contributed by atoms with E-state index in [9.17, 15) is 26.4 Å². The van der Waals surface area contributed by atoms with Crippen LogP contribution < -0.4 is 16.0 Å². The molecule has 49 heavy (non-hydrogen) atoms. The zero-order chi connectivity index (χ0) is 35.4. The minimum Gasteiger partial charge on any atom is -0.497 e. The van der Waals surface area contributed by atoms with Gasteiger partial charge in [0.05, 0.1) is 38.9 Å². The number of ether oxygens (including phenoxy) is 3. The fourth-order valence-electron chi connectivity index (χ4n) is 6.12. The van der Waals surface area contributed by atoms with Gasteiger partial charge in [-0.2, -0.15) is 12.7 Å². The predicted octanol–water partition coefficient (Wildman–Crippen LogP) is 2.76. The quantitative estimate of drug-likeness (QED) is 0.152. The Hall–Kier alpha value is -4.12. The predicted molar refractivity (Wildman–Crippen MR) is 182 cm³/mol. The highest BCUT2D eigenvalue weighted by Crippen LogP contribution is 2.42. The zero-order valence-corrected chi connectivity index (χ0v) is 29.1. The Balaban J connectivity index is 1.61. The van der Waals surface area contributed by atoms with Crippen molar-refractivity contribution in [2.75, 3.05) is 39.4 Å². The lowest BCUT2D eigenvalue weighted by Crippen LogP contribution is -2.48. The Morgan fingerprint density at radius 2 is 1.47 bits per heavy atom. The van der Waals surface area contributed by atoms with Gasteiger partial charge in [0, 0.05) is 24.7 Å². The number of nitrogens with zero attached hydrogens (tertiary/aromatic N) is 2. The lowest BCUT2D eigenvalue weighted by molar-refractivity contribution is -0.0851. The number of hydrogen-bond acceptors (Lipinski definition) is 10. The third-order valence-electron chi connectivity index (χ3n) is 8.39. The van der Waals surface area contributed by atoms with E-state index in [2.05, 4.69) is 4.98 Å². The Labute approximate surface area is 285 Å². The van der Waals surface area contributed by atoms with Crippen molar-refractivity contribution in [3.63, 3.8) is 0 Å².